The van der Waals surface area contributed by atoms with Gasteiger partial charge in [0.25, 0.3) is 0 Å². The van der Waals surface area contributed by atoms with Crippen LogP contribution in [0.2, 0.25) is 0 Å². The van der Waals surface area contributed by atoms with Gasteiger partial charge in [-0.25, -0.2) is 9.13 Å². The first kappa shape index (κ1) is 97.0. The van der Waals surface area contributed by atoms with Gasteiger partial charge >= 0.3 is 39.5 Å². The zero-order valence-corrected chi connectivity index (χ0v) is 65.9. The standard InChI is InChI=1S/C81H150O17P2/c1-5-9-13-17-21-25-29-33-36-37-40-43-46-50-54-58-62-66-79(84)92-72-77(98-81(86)68-64-60-56-52-48-44-39-35-31-27-23-19-15-11-7-3)74-96-100(89,90)94-70-75(82)69-93-99(87,88)95-73-76(97-80(85)67-63-59-55-51-47-41-32-28-24-20-16-12-8-4)71-91-78(83)65-61-57-53-49-45-42-38-34-30-26-22-18-14-10-6-2/h22-23,26-27,34-35,38-39,75-77,82H,5-21,24-25,28-33,36-37,40-74H2,1-4H3,(H,87,88)(H,89,90)/b26-22-,27-23-,38-34-,39-35-/t75-,76-,77-/m1/s1. The molecule has 0 heterocycles. The van der Waals surface area contributed by atoms with Gasteiger partial charge in [0.2, 0.25) is 0 Å². The molecule has 0 saturated carbocycles. The van der Waals surface area contributed by atoms with Gasteiger partial charge in [0.1, 0.15) is 19.3 Å². The number of carbonyl (C=O) groups excluding carboxylic acids is 4. The van der Waals surface area contributed by atoms with Crippen molar-refractivity contribution < 1.29 is 80.2 Å². The van der Waals surface area contributed by atoms with Crippen molar-refractivity contribution in [2.24, 2.45) is 0 Å². The van der Waals surface area contributed by atoms with Crippen LogP contribution in [0.15, 0.2) is 48.6 Å². The number of hydrogen-bond donors (Lipinski definition) is 3. The third-order valence-corrected chi connectivity index (χ3v) is 19.7. The lowest BCUT2D eigenvalue weighted by atomic mass is 10.0. The quantitative estimate of drug-likeness (QED) is 0.0169. The fourth-order valence-electron chi connectivity index (χ4n) is 11.5. The van der Waals surface area contributed by atoms with Crippen LogP contribution < -0.4 is 0 Å². The summed E-state index contributed by atoms with van der Waals surface area (Å²) in [7, 11) is -9.94. The Bertz CT molecular complexity index is 2080. The molecule has 0 fully saturated rings. The molecule has 0 aromatic heterocycles. The number of rotatable bonds is 78. The smallest absolute Gasteiger partial charge is 0.462 e. The van der Waals surface area contributed by atoms with Gasteiger partial charge in [-0.2, -0.15) is 0 Å². The summed E-state index contributed by atoms with van der Waals surface area (Å²) >= 11 is 0. The van der Waals surface area contributed by atoms with E-state index in [0.717, 1.165) is 135 Å². The molecule has 0 aliphatic heterocycles. The van der Waals surface area contributed by atoms with E-state index in [1.54, 1.807) is 0 Å². The Morgan fingerprint density at radius 2 is 0.490 bits per heavy atom. The second kappa shape index (κ2) is 74.3. The van der Waals surface area contributed by atoms with E-state index in [0.29, 0.717) is 25.7 Å². The monoisotopic (exact) mass is 1460 g/mol. The lowest BCUT2D eigenvalue weighted by molar-refractivity contribution is -0.161. The second-order valence-corrected chi connectivity index (χ2v) is 30.6. The van der Waals surface area contributed by atoms with Crippen LogP contribution in [0.3, 0.4) is 0 Å². The largest absolute Gasteiger partial charge is 0.472 e. The van der Waals surface area contributed by atoms with Crippen molar-refractivity contribution in [3.63, 3.8) is 0 Å². The molecule has 19 heteroatoms. The van der Waals surface area contributed by atoms with E-state index in [1.165, 1.54) is 173 Å². The summed E-state index contributed by atoms with van der Waals surface area (Å²) in [6, 6.07) is 0. The lowest BCUT2D eigenvalue weighted by Crippen LogP contribution is -2.30. The van der Waals surface area contributed by atoms with E-state index in [2.05, 4.69) is 76.3 Å². The summed E-state index contributed by atoms with van der Waals surface area (Å²) in [5.74, 6) is -2.16. The molecule has 0 saturated heterocycles. The molecular weight excluding hydrogens is 1310 g/mol. The Morgan fingerprint density at radius 1 is 0.280 bits per heavy atom. The summed E-state index contributed by atoms with van der Waals surface area (Å²) in [5, 5.41) is 10.6. The number of phosphoric ester groups is 2. The van der Waals surface area contributed by atoms with Crippen molar-refractivity contribution in [2.75, 3.05) is 39.6 Å². The Hall–Kier alpha value is -2.98. The minimum Gasteiger partial charge on any atom is -0.462 e. The van der Waals surface area contributed by atoms with Gasteiger partial charge in [0, 0.05) is 25.7 Å². The zero-order chi connectivity index (χ0) is 73.2. The van der Waals surface area contributed by atoms with Gasteiger partial charge < -0.3 is 33.8 Å². The maximum absolute atomic E-state index is 13.1. The van der Waals surface area contributed by atoms with Gasteiger partial charge in [0.05, 0.1) is 26.4 Å². The molecule has 0 aromatic carbocycles. The second-order valence-electron chi connectivity index (χ2n) is 27.7. The number of unbranched alkanes of at least 4 members (excludes halogenated alkanes) is 44. The Labute approximate surface area is 610 Å². The van der Waals surface area contributed by atoms with Crippen molar-refractivity contribution in [2.45, 2.75) is 406 Å². The van der Waals surface area contributed by atoms with Crippen molar-refractivity contribution in [3.05, 3.63) is 48.6 Å². The molecule has 17 nitrogen and oxygen atoms in total. The average molecular weight is 1460 g/mol. The minimum atomic E-state index is -4.97. The van der Waals surface area contributed by atoms with Crippen LogP contribution in [0, 0.1) is 0 Å². The molecule has 0 spiro atoms. The van der Waals surface area contributed by atoms with E-state index < -0.39 is 97.5 Å². The van der Waals surface area contributed by atoms with Gasteiger partial charge in [-0.3, -0.25) is 37.3 Å². The first-order chi connectivity index (χ1) is 48.7. The minimum absolute atomic E-state index is 0.0854. The highest BCUT2D eigenvalue weighted by Gasteiger charge is 2.30. The van der Waals surface area contributed by atoms with Crippen LogP contribution in [0.1, 0.15) is 387 Å². The van der Waals surface area contributed by atoms with E-state index in [1.807, 2.05) is 0 Å². The van der Waals surface area contributed by atoms with Gasteiger partial charge in [-0.05, 0) is 89.9 Å². The Kier molecular flexibility index (Phi) is 72.1. The predicted molar refractivity (Wildman–Crippen MR) is 409 cm³/mol. The maximum Gasteiger partial charge on any atom is 0.472 e. The van der Waals surface area contributed by atoms with E-state index in [-0.39, 0.29) is 25.7 Å². The first-order valence-corrected chi connectivity index (χ1v) is 43.9. The molecule has 0 aliphatic carbocycles. The third-order valence-electron chi connectivity index (χ3n) is 17.8. The Balaban J connectivity index is 5.31. The molecule has 586 valence electrons. The van der Waals surface area contributed by atoms with Crippen LogP contribution in [0.5, 0.6) is 0 Å². The zero-order valence-electron chi connectivity index (χ0n) is 64.1. The molecule has 0 rings (SSSR count). The predicted octanol–water partition coefficient (Wildman–Crippen LogP) is 23.7. The van der Waals surface area contributed by atoms with Crippen LogP contribution >= 0.6 is 15.6 Å². The fraction of sp³-hybridized carbons (Fsp3) is 0.852. The first-order valence-electron chi connectivity index (χ1n) is 40.9. The normalized spacial score (nSPS) is 14.1. The van der Waals surface area contributed by atoms with Crippen molar-refractivity contribution in [1.29, 1.82) is 0 Å². The van der Waals surface area contributed by atoms with Crippen LogP contribution in [0.4, 0.5) is 0 Å². The highest BCUT2D eigenvalue weighted by Crippen LogP contribution is 2.45. The molecular formula is C81H150O17P2. The van der Waals surface area contributed by atoms with E-state index in [4.69, 9.17) is 37.0 Å². The topological polar surface area (TPSA) is 237 Å². The Morgan fingerprint density at radius 3 is 0.760 bits per heavy atom. The molecule has 0 aromatic rings. The van der Waals surface area contributed by atoms with Gasteiger partial charge in [-0.1, -0.05) is 320 Å². The van der Waals surface area contributed by atoms with Crippen molar-refractivity contribution in [1.82, 2.24) is 0 Å². The molecule has 100 heavy (non-hydrogen) atoms. The highest BCUT2D eigenvalue weighted by atomic mass is 31.2. The van der Waals surface area contributed by atoms with E-state index in [9.17, 15) is 43.2 Å². The molecule has 0 amide bonds. The van der Waals surface area contributed by atoms with Gasteiger partial charge in [-0.15, -0.1) is 0 Å². The summed E-state index contributed by atoms with van der Waals surface area (Å²) in [6.45, 7) is 4.89. The highest BCUT2D eigenvalue weighted by molar-refractivity contribution is 7.47. The molecule has 0 radical (unpaired) electrons. The number of aliphatic hydroxyl groups is 1. The SMILES string of the molecule is CCCCC/C=C\C/C=C\CCCCCCCC(=O)OC[C@H](COP(=O)(O)OC[C@@H](O)COP(=O)(O)OC[C@@H](COC(=O)CCCCCCCCCCCCCCCCCCC)OC(=O)CCCCCCC/C=C\C/C=C\CCCCC)OC(=O)CCCCCCCCCCCCCCC. The van der Waals surface area contributed by atoms with Gasteiger partial charge in [0.15, 0.2) is 12.2 Å². The number of allylic oxidation sites excluding steroid dienone is 8. The molecule has 2 unspecified atom stereocenters. The van der Waals surface area contributed by atoms with Crippen LogP contribution in [-0.4, -0.2) is 96.7 Å². The number of carbonyl (C=O) groups is 4. The molecule has 3 N–H and O–H groups in total. The number of aliphatic hydroxyl groups excluding tert-OH is 1. The third kappa shape index (κ3) is 73.3. The summed E-state index contributed by atoms with van der Waals surface area (Å²) in [6.07, 6.45) is 72.2. The van der Waals surface area contributed by atoms with Crippen molar-refractivity contribution >= 4 is 39.5 Å². The molecule has 5 atom stereocenters. The summed E-state index contributed by atoms with van der Waals surface area (Å²) < 4.78 is 68.6. The average Bonchev–Trinajstić information content (AvgIpc) is 0.937. The molecule has 0 aliphatic rings. The number of ether oxygens (including phenoxy) is 4. The number of phosphoric acid groups is 2. The fourth-order valence-corrected chi connectivity index (χ4v) is 13.1. The molecule has 0 bridgehead atoms. The summed E-state index contributed by atoms with van der Waals surface area (Å²) in [4.78, 5) is 73.0. The van der Waals surface area contributed by atoms with Crippen LogP contribution in [-0.2, 0) is 65.4 Å². The maximum atomic E-state index is 13.1. The van der Waals surface area contributed by atoms with Crippen molar-refractivity contribution in [3.8, 4) is 0 Å². The number of esters is 4. The van der Waals surface area contributed by atoms with E-state index >= 15 is 0 Å². The lowest BCUT2D eigenvalue weighted by Gasteiger charge is -2.21. The summed E-state index contributed by atoms with van der Waals surface area (Å²) in [5.41, 5.74) is 0. The van der Waals surface area contributed by atoms with Crippen LogP contribution in [0.25, 0.3) is 0 Å². The number of hydrogen-bond acceptors (Lipinski definition) is 15.